The van der Waals surface area contributed by atoms with Gasteiger partial charge in [-0.25, -0.2) is 0 Å². The van der Waals surface area contributed by atoms with Crippen LogP contribution in [-0.4, -0.2) is 23.4 Å². The molecular weight excluding hydrogens is 296 g/mol. The molecule has 2 aromatic rings. The number of fused-ring (bicyclic) bond motifs is 1. The van der Waals surface area contributed by atoms with Gasteiger partial charge in [-0.15, -0.1) is 22.7 Å². The van der Waals surface area contributed by atoms with E-state index in [0.29, 0.717) is 23.8 Å². The SMILES string of the molecule is CC(C)(C)c1sc(-c2scc(O)c2O)c2c1OCCO2. The lowest BCUT2D eigenvalue weighted by Gasteiger charge is -2.22. The summed E-state index contributed by atoms with van der Waals surface area (Å²) in [4.78, 5) is 2.55. The van der Waals surface area contributed by atoms with Gasteiger partial charge in [0.1, 0.15) is 13.2 Å². The summed E-state index contributed by atoms with van der Waals surface area (Å²) in [6.45, 7) is 7.39. The quantitative estimate of drug-likeness (QED) is 0.837. The fraction of sp³-hybridized carbons (Fsp3) is 0.429. The third-order valence-corrected chi connectivity index (χ3v) is 5.73. The van der Waals surface area contributed by atoms with Gasteiger partial charge >= 0.3 is 0 Å². The fourth-order valence-corrected chi connectivity index (χ4v) is 4.31. The standard InChI is InChI=1S/C14H16O4S2/c1-14(2,3)13-10-9(17-4-5-18-10)12(20-13)11-8(16)7(15)6-19-11/h6,15-16H,4-5H2,1-3H3. The van der Waals surface area contributed by atoms with Crippen molar-refractivity contribution in [2.24, 2.45) is 0 Å². The van der Waals surface area contributed by atoms with Crippen LogP contribution in [0.1, 0.15) is 25.6 Å². The van der Waals surface area contributed by atoms with Gasteiger partial charge in [0.25, 0.3) is 0 Å². The highest BCUT2D eigenvalue weighted by Crippen LogP contribution is 2.57. The van der Waals surface area contributed by atoms with Crippen molar-refractivity contribution in [3.63, 3.8) is 0 Å². The zero-order chi connectivity index (χ0) is 14.5. The smallest absolute Gasteiger partial charge is 0.181 e. The lowest BCUT2D eigenvalue weighted by atomic mass is 9.94. The first-order valence-corrected chi connectivity index (χ1v) is 8.02. The predicted octanol–water partition coefficient (Wildman–Crippen LogP) is 3.96. The molecule has 6 heteroatoms. The molecule has 2 aromatic heterocycles. The average Bonchev–Trinajstić information content (AvgIpc) is 2.92. The molecule has 0 bridgehead atoms. The van der Waals surface area contributed by atoms with Crippen molar-refractivity contribution >= 4 is 22.7 Å². The van der Waals surface area contributed by atoms with Gasteiger partial charge in [0.05, 0.1) is 14.6 Å². The lowest BCUT2D eigenvalue weighted by molar-refractivity contribution is 0.171. The van der Waals surface area contributed by atoms with Crippen molar-refractivity contribution in [3.8, 4) is 32.8 Å². The minimum Gasteiger partial charge on any atom is -0.504 e. The molecule has 3 rings (SSSR count). The zero-order valence-electron chi connectivity index (χ0n) is 11.5. The van der Waals surface area contributed by atoms with E-state index in [1.165, 1.54) is 16.7 Å². The molecule has 108 valence electrons. The Balaban J connectivity index is 2.22. The molecule has 3 heterocycles. The Hall–Kier alpha value is -1.40. The maximum atomic E-state index is 9.98. The zero-order valence-corrected chi connectivity index (χ0v) is 13.2. The van der Waals surface area contributed by atoms with Crippen LogP contribution in [0.15, 0.2) is 5.38 Å². The van der Waals surface area contributed by atoms with Crippen LogP contribution in [-0.2, 0) is 5.41 Å². The molecule has 1 aliphatic heterocycles. The summed E-state index contributed by atoms with van der Waals surface area (Å²) in [5, 5.41) is 21.1. The van der Waals surface area contributed by atoms with Crippen molar-refractivity contribution in [3.05, 3.63) is 10.3 Å². The summed E-state index contributed by atoms with van der Waals surface area (Å²) >= 11 is 2.85. The van der Waals surface area contributed by atoms with Crippen molar-refractivity contribution < 1.29 is 19.7 Å². The van der Waals surface area contributed by atoms with Crippen LogP contribution in [0.4, 0.5) is 0 Å². The van der Waals surface area contributed by atoms with E-state index >= 15 is 0 Å². The second kappa shape index (κ2) is 4.56. The van der Waals surface area contributed by atoms with Crippen LogP contribution < -0.4 is 9.47 Å². The number of hydrogen-bond acceptors (Lipinski definition) is 6. The monoisotopic (exact) mass is 312 g/mol. The molecule has 0 fully saturated rings. The minimum absolute atomic E-state index is 0.0668. The van der Waals surface area contributed by atoms with Gasteiger partial charge in [-0.3, -0.25) is 0 Å². The van der Waals surface area contributed by atoms with E-state index in [1.807, 2.05) is 0 Å². The molecule has 0 radical (unpaired) electrons. The predicted molar refractivity (Wildman–Crippen MR) is 80.7 cm³/mol. The third kappa shape index (κ3) is 2.03. The maximum Gasteiger partial charge on any atom is 0.181 e. The van der Waals surface area contributed by atoms with Crippen molar-refractivity contribution in [2.45, 2.75) is 26.2 Å². The minimum atomic E-state index is -0.0961. The van der Waals surface area contributed by atoms with Crippen molar-refractivity contribution in [2.75, 3.05) is 13.2 Å². The van der Waals surface area contributed by atoms with Crippen LogP contribution in [0.3, 0.4) is 0 Å². The molecule has 1 aliphatic rings. The van der Waals surface area contributed by atoms with Crippen molar-refractivity contribution in [1.29, 1.82) is 0 Å². The van der Waals surface area contributed by atoms with Gasteiger partial charge in [0.15, 0.2) is 23.0 Å². The Morgan fingerprint density at radius 3 is 2.25 bits per heavy atom. The van der Waals surface area contributed by atoms with Crippen LogP contribution in [0.2, 0.25) is 0 Å². The first kappa shape index (κ1) is 13.6. The Kier molecular flexibility index (Phi) is 3.10. The van der Waals surface area contributed by atoms with Gasteiger partial charge < -0.3 is 19.7 Å². The molecule has 0 atom stereocenters. The van der Waals surface area contributed by atoms with E-state index < -0.39 is 0 Å². The molecule has 2 N–H and O–H groups in total. The molecule has 0 saturated carbocycles. The van der Waals surface area contributed by atoms with Crippen LogP contribution >= 0.6 is 22.7 Å². The third-order valence-electron chi connectivity index (χ3n) is 3.03. The van der Waals surface area contributed by atoms with E-state index in [9.17, 15) is 10.2 Å². The Morgan fingerprint density at radius 2 is 1.70 bits per heavy atom. The van der Waals surface area contributed by atoms with Crippen molar-refractivity contribution in [1.82, 2.24) is 0 Å². The number of ether oxygens (including phenoxy) is 2. The van der Waals surface area contributed by atoms with Gasteiger partial charge in [0.2, 0.25) is 0 Å². The van der Waals surface area contributed by atoms with E-state index in [4.69, 9.17) is 9.47 Å². The summed E-state index contributed by atoms with van der Waals surface area (Å²) in [7, 11) is 0. The Bertz CT molecular complexity index is 649. The van der Waals surface area contributed by atoms with E-state index in [1.54, 1.807) is 11.3 Å². The van der Waals surface area contributed by atoms with Gasteiger partial charge in [-0.2, -0.15) is 0 Å². The average molecular weight is 312 g/mol. The largest absolute Gasteiger partial charge is 0.504 e. The second-order valence-electron chi connectivity index (χ2n) is 5.66. The lowest BCUT2D eigenvalue weighted by Crippen LogP contribution is -2.18. The molecule has 0 amide bonds. The summed E-state index contributed by atoms with van der Waals surface area (Å²) in [5.41, 5.74) is -0.0668. The van der Waals surface area contributed by atoms with Crippen LogP contribution in [0.25, 0.3) is 9.75 Å². The molecular formula is C14H16O4S2. The summed E-state index contributed by atoms with van der Waals surface area (Å²) in [6, 6.07) is 0. The molecule has 0 saturated heterocycles. The highest BCUT2D eigenvalue weighted by atomic mass is 32.1. The van der Waals surface area contributed by atoms with E-state index in [2.05, 4.69) is 20.8 Å². The number of thiophene rings is 2. The first-order valence-electron chi connectivity index (χ1n) is 6.32. The number of aromatic hydroxyl groups is 2. The highest BCUT2D eigenvalue weighted by molar-refractivity contribution is 7.22. The molecule has 0 aromatic carbocycles. The maximum absolute atomic E-state index is 9.98. The highest BCUT2D eigenvalue weighted by Gasteiger charge is 2.32. The Labute approximate surface area is 125 Å². The Morgan fingerprint density at radius 1 is 1.05 bits per heavy atom. The topological polar surface area (TPSA) is 58.9 Å². The molecule has 0 unspecified atom stereocenters. The number of rotatable bonds is 1. The molecule has 0 aliphatic carbocycles. The first-order chi connectivity index (χ1) is 9.39. The summed E-state index contributed by atoms with van der Waals surface area (Å²) < 4.78 is 11.5. The van der Waals surface area contributed by atoms with Gasteiger partial charge in [0, 0.05) is 10.8 Å². The molecule has 4 nitrogen and oxygen atoms in total. The summed E-state index contributed by atoms with van der Waals surface area (Å²) in [5.74, 6) is 1.27. The van der Waals surface area contributed by atoms with Crippen LogP contribution in [0, 0.1) is 0 Å². The molecule has 0 spiro atoms. The van der Waals surface area contributed by atoms with E-state index in [-0.39, 0.29) is 16.9 Å². The van der Waals surface area contributed by atoms with E-state index in [0.717, 1.165) is 15.5 Å². The van der Waals surface area contributed by atoms with Crippen LogP contribution in [0.5, 0.6) is 23.0 Å². The number of hydrogen-bond donors (Lipinski definition) is 2. The van der Waals surface area contributed by atoms with Gasteiger partial charge in [-0.1, -0.05) is 20.8 Å². The molecule has 20 heavy (non-hydrogen) atoms. The normalized spacial score (nSPS) is 14.6. The fourth-order valence-electron chi connectivity index (χ4n) is 2.10. The van der Waals surface area contributed by atoms with Gasteiger partial charge in [-0.05, 0) is 0 Å². The second-order valence-corrected chi connectivity index (χ2v) is 7.56. The summed E-state index contributed by atoms with van der Waals surface area (Å²) in [6.07, 6.45) is 0.